The molecule has 4 aliphatic rings. The van der Waals surface area contributed by atoms with Crippen molar-refractivity contribution in [1.29, 1.82) is 0 Å². The molecule has 1 heterocycles. The molecule has 0 bridgehead atoms. The molecule has 0 saturated heterocycles. The molecule has 0 unspecified atom stereocenters. The van der Waals surface area contributed by atoms with E-state index < -0.39 is 5.60 Å². The van der Waals surface area contributed by atoms with Crippen LogP contribution in [-0.2, 0) is 4.79 Å². The maximum Gasteiger partial charge on any atom is 0.198 e. The van der Waals surface area contributed by atoms with E-state index in [9.17, 15) is 9.90 Å². The van der Waals surface area contributed by atoms with Gasteiger partial charge in [-0.15, -0.1) is 0 Å². The molecule has 3 nitrogen and oxygen atoms in total. The fourth-order valence-corrected chi connectivity index (χ4v) is 9.05. The summed E-state index contributed by atoms with van der Waals surface area (Å²) >= 11 is 1.36. The molecule has 1 N–H and O–H groups in total. The second-order valence-corrected chi connectivity index (χ2v) is 12.0. The summed E-state index contributed by atoms with van der Waals surface area (Å²) in [5.41, 5.74) is -0.266. The van der Waals surface area contributed by atoms with Crippen molar-refractivity contribution in [3.8, 4) is 0 Å². The molecule has 0 spiro atoms. The lowest BCUT2D eigenvalue weighted by molar-refractivity contribution is -0.124. The number of rotatable bonds is 2. The monoisotopic (exact) mass is 413 g/mol. The highest BCUT2D eigenvalue weighted by molar-refractivity contribution is 8.13. The zero-order valence-corrected chi connectivity index (χ0v) is 18.7. The minimum absolute atomic E-state index is 0.174. The number of fused-ring (bicyclic) bond motifs is 5. The van der Waals surface area contributed by atoms with Crippen LogP contribution in [0.3, 0.4) is 0 Å². The summed E-state index contributed by atoms with van der Waals surface area (Å²) in [5.74, 6) is 4.07. The summed E-state index contributed by atoms with van der Waals surface area (Å²) in [7, 11) is 0. The molecule has 8 atom stereocenters. The van der Waals surface area contributed by atoms with E-state index in [1.54, 1.807) is 6.20 Å². The molecule has 1 aromatic rings. The van der Waals surface area contributed by atoms with Crippen molar-refractivity contribution in [3.63, 3.8) is 0 Å². The lowest BCUT2D eigenvalue weighted by Crippen LogP contribution is -2.50. The second-order valence-electron chi connectivity index (χ2n) is 10.9. The Kier molecular flexibility index (Phi) is 5.10. The predicted octanol–water partition coefficient (Wildman–Crippen LogP) is 5.72. The van der Waals surface area contributed by atoms with E-state index >= 15 is 0 Å². The number of aliphatic hydroxyl groups is 1. The fraction of sp³-hybridized carbons (Fsp3) is 0.760. The van der Waals surface area contributed by atoms with Gasteiger partial charge in [0.2, 0.25) is 0 Å². The Hall–Kier alpha value is -0.870. The van der Waals surface area contributed by atoms with E-state index in [0.29, 0.717) is 11.0 Å². The summed E-state index contributed by atoms with van der Waals surface area (Å²) in [5, 5.41) is 11.8. The Labute approximate surface area is 179 Å². The van der Waals surface area contributed by atoms with E-state index in [-0.39, 0.29) is 11.3 Å². The first-order valence-corrected chi connectivity index (χ1v) is 12.5. The zero-order valence-electron chi connectivity index (χ0n) is 17.8. The van der Waals surface area contributed by atoms with Gasteiger partial charge in [0, 0.05) is 12.1 Å². The van der Waals surface area contributed by atoms with Gasteiger partial charge in [0.15, 0.2) is 5.12 Å². The summed E-state index contributed by atoms with van der Waals surface area (Å²) < 4.78 is 0. The minimum atomic E-state index is -0.440. The van der Waals surface area contributed by atoms with Gasteiger partial charge < -0.3 is 5.11 Å². The molecule has 158 valence electrons. The van der Waals surface area contributed by atoms with Crippen molar-refractivity contribution in [2.24, 2.45) is 40.9 Å². The van der Waals surface area contributed by atoms with Gasteiger partial charge in [-0.05, 0) is 124 Å². The highest BCUT2D eigenvalue weighted by Gasteiger charge is 2.58. The van der Waals surface area contributed by atoms with E-state index in [2.05, 4.69) is 11.9 Å². The summed E-state index contributed by atoms with van der Waals surface area (Å²) in [6.07, 6.45) is 12.4. The van der Waals surface area contributed by atoms with Gasteiger partial charge in [0.05, 0.1) is 5.60 Å². The third-order valence-electron chi connectivity index (χ3n) is 9.36. The van der Waals surface area contributed by atoms with E-state index in [0.717, 1.165) is 48.0 Å². The van der Waals surface area contributed by atoms with Crippen molar-refractivity contribution in [2.75, 3.05) is 0 Å². The second kappa shape index (κ2) is 7.37. The van der Waals surface area contributed by atoms with Crippen LogP contribution < -0.4 is 0 Å². The molecule has 0 aliphatic heterocycles. The quantitative estimate of drug-likeness (QED) is 0.630. The van der Waals surface area contributed by atoms with E-state index in [1.165, 1.54) is 50.3 Å². The fourth-order valence-electron chi connectivity index (χ4n) is 8.05. The highest BCUT2D eigenvalue weighted by atomic mass is 32.2. The molecule has 4 saturated carbocycles. The number of hydrogen-bond acceptors (Lipinski definition) is 4. The van der Waals surface area contributed by atoms with Crippen LogP contribution in [-0.4, -0.2) is 20.8 Å². The van der Waals surface area contributed by atoms with Crippen molar-refractivity contribution < 1.29 is 9.90 Å². The van der Waals surface area contributed by atoms with Gasteiger partial charge in [0.25, 0.3) is 0 Å². The van der Waals surface area contributed by atoms with E-state index in [4.69, 9.17) is 0 Å². The maximum atomic E-state index is 13.2. The topological polar surface area (TPSA) is 50.2 Å². The Morgan fingerprint density at radius 1 is 1.03 bits per heavy atom. The normalized spacial score (nSPS) is 46.4. The summed E-state index contributed by atoms with van der Waals surface area (Å²) in [6.45, 7) is 4.47. The van der Waals surface area contributed by atoms with Crippen LogP contribution in [0.15, 0.2) is 29.4 Å². The Morgan fingerprint density at radius 2 is 1.86 bits per heavy atom. The molecular formula is C25H35NO2S. The number of hydrogen-bond donors (Lipinski definition) is 1. The molecule has 0 amide bonds. The van der Waals surface area contributed by atoms with Crippen LogP contribution in [0, 0.1) is 40.9 Å². The highest BCUT2D eigenvalue weighted by Crippen LogP contribution is 2.65. The van der Waals surface area contributed by atoms with Crippen LogP contribution in [0.4, 0.5) is 0 Å². The Balaban J connectivity index is 1.31. The van der Waals surface area contributed by atoms with Crippen LogP contribution in [0.25, 0.3) is 0 Å². The first kappa shape index (κ1) is 20.1. The van der Waals surface area contributed by atoms with Gasteiger partial charge >= 0.3 is 0 Å². The summed E-state index contributed by atoms with van der Waals surface area (Å²) in [4.78, 5) is 17.6. The average molecular weight is 414 g/mol. The van der Waals surface area contributed by atoms with Crippen molar-refractivity contribution >= 4 is 16.9 Å². The van der Waals surface area contributed by atoms with Crippen molar-refractivity contribution in [3.05, 3.63) is 24.4 Å². The third kappa shape index (κ3) is 3.48. The average Bonchev–Trinajstić information content (AvgIpc) is 3.05. The molecule has 29 heavy (non-hydrogen) atoms. The molecule has 0 aromatic carbocycles. The zero-order chi connectivity index (χ0) is 20.2. The lowest BCUT2D eigenvalue weighted by atomic mass is 9.49. The summed E-state index contributed by atoms with van der Waals surface area (Å²) in [6, 6.07) is 5.82. The van der Waals surface area contributed by atoms with Gasteiger partial charge in [0.1, 0.15) is 5.03 Å². The number of aromatic nitrogens is 1. The molecule has 4 aliphatic carbocycles. The van der Waals surface area contributed by atoms with Gasteiger partial charge in [-0.2, -0.15) is 0 Å². The number of carbonyl (C=O) groups excluding carboxylic acids is 1. The predicted molar refractivity (Wildman–Crippen MR) is 116 cm³/mol. The number of nitrogens with zero attached hydrogens (tertiary/aromatic N) is 1. The van der Waals surface area contributed by atoms with Crippen LogP contribution in [0.2, 0.25) is 0 Å². The molecule has 5 rings (SSSR count). The SMILES string of the molecule is C[C@@]1(O)CC[C@H]2[C@H](CC[C@@H]3[C@@H]2CC[C@]2(C)[C@@H](C(=O)Sc4ccccn4)CC[C@@H]32)C1. The smallest absolute Gasteiger partial charge is 0.198 e. The molecule has 4 fully saturated rings. The minimum Gasteiger partial charge on any atom is -0.390 e. The third-order valence-corrected chi connectivity index (χ3v) is 10.3. The first-order valence-electron chi connectivity index (χ1n) is 11.7. The van der Waals surface area contributed by atoms with Crippen LogP contribution in [0.1, 0.15) is 71.6 Å². The first-order chi connectivity index (χ1) is 13.9. The number of thioether (sulfide) groups is 1. The number of carbonyl (C=O) groups is 1. The van der Waals surface area contributed by atoms with Crippen molar-refractivity contribution in [2.45, 2.75) is 82.3 Å². The molecule has 4 heteroatoms. The van der Waals surface area contributed by atoms with Gasteiger partial charge in [-0.1, -0.05) is 13.0 Å². The van der Waals surface area contributed by atoms with Crippen molar-refractivity contribution in [1.82, 2.24) is 4.98 Å². The largest absolute Gasteiger partial charge is 0.390 e. The molecule has 1 aromatic heterocycles. The Morgan fingerprint density at radius 3 is 2.66 bits per heavy atom. The van der Waals surface area contributed by atoms with E-state index in [1.807, 2.05) is 25.1 Å². The maximum absolute atomic E-state index is 13.2. The molecular weight excluding hydrogens is 378 g/mol. The molecule has 0 radical (unpaired) electrons. The lowest BCUT2D eigenvalue weighted by Gasteiger charge is -2.56. The van der Waals surface area contributed by atoms with Crippen LogP contribution >= 0.6 is 11.8 Å². The van der Waals surface area contributed by atoms with Crippen LogP contribution in [0.5, 0.6) is 0 Å². The standard InChI is InChI=1S/C25H35NO2S/c1-24(28)12-10-17-16(15-24)6-7-19-18(17)11-13-25(2)20(19)8-9-21(25)23(27)29-22-5-3-4-14-26-22/h3-5,14,16-21,28H,6-13,15H2,1-2H3/t16-,17+,18-,19-,20+,21-,24-,25+/m1/s1. The van der Waals surface area contributed by atoms with Gasteiger partial charge in [-0.3, -0.25) is 4.79 Å². The van der Waals surface area contributed by atoms with Gasteiger partial charge in [-0.25, -0.2) is 4.98 Å². The number of pyridine rings is 1. The Bertz CT molecular complexity index is 765.